The molecule has 1 fully saturated rings. The number of sulfonamides is 1. The molecular weight excluding hydrogens is 440 g/mol. The number of esters is 1. The number of piperazine rings is 1. The smallest absolute Gasteiger partial charge is 0.338 e. The van der Waals surface area contributed by atoms with Gasteiger partial charge in [-0.1, -0.05) is 11.2 Å². The quantitative estimate of drug-likeness (QED) is 0.625. The van der Waals surface area contributed by atoms with Crippen LogP contribution in [0.3, 0.4) is 0 Å². The molecule has 32 heavy (non-hydrogen) atoms. The van der Waals surface area contributed by atoms with Crippen molar-refractivity contribution in [3.8, 4) is 0 Å². The van der Waals surface area contributed by atoms with Crippen LogP contribution >= 0.6 is 0 Å². The normalized spacial score (nSPS) is 15.8. The molecule has 2 amide bonds. The van der Waals surface area contributed by atoms with Gasteiger partial charge in [0.25, 0.3) is 5.91 Å². The van der Waals surface area contributed by atoms with Crippen LogP contribution in [0.25, 0.3) is 0 Å². The molecule has 1 saturated heterocycles. The fourth-order valence-corrected chi connectivity index (χ4v) is 4.58. The third-order valence-electron chi connectivity index (χ3n) is 4.92. The van der Waals surface area contributed by atoms with Crippen molar-refractivity contribution in [2.24, 2.45) is 0 Å². The highest BCUT2D eigenvalue weighted by atomic mass is 32.2. The summed E-state index contributed by atoms with van der Waals surface area (Å²) in [5.74, 6) is -0.871. The molecule has 12 heteroatoms. The number of anilines is 1. The Labute approximate surface area is 185 Å². The Morgan fingerprint density at radius 3 is 2.44 bits per heavy atom. The predicted octanol–water partition coefficient (Wildman–Crippen LogP) is 1.02. The molecule has 0 aliphatic carbocycles. The van der Waals surface area contributed by atoms with Gasteiger partial charge in [0.15, 0.2) is 11.9 Å². The zero-order chi connectivity index (χ0) is 23.5. The zero-order valence-corrected chi connectivity index (χ0v) is 18.7. The van der Waals surface area contributed by atoms with E-state index < -0.39 is 28.0 Å². The van der Waals surface area contributed by atoms with Gasteiger partial charge in [-0.3, -0.25) is 9.59 Å². The second kappa shape index (κ2) is 9.49. The number of ether oxygens (including phenoxy) is 1. The first-order valence-electron chi connectivity index (χ1n) is 9.89. The lowest BCUT2D eigenvalue weighted by molar-refractivity contribution is -0.130. The molecule has 0 unspecified atom stereocenters. The van der Waals surface area contributed by atoms with E-state index >= 15 is 0 Å². The maximum atomic E-state index is 13.0. The molecule has 172 valence electrons. The Morgan fingerprint density at radius 1 is 1.16 bits per heavy atom. The molecule has 2 aromatic rings. The Balaban J connectivity index is 1.66. The van der Waals surface area contributed by atoms with Crippen LogP contribution in [0.15, 0.2) is 39.8 Å². The molecule has 0 saturated carbocycles. The molecule has 0 bridgehead atoms. The van der Waals surface area contributed by atoms with Crippen molar-refractivity contribution in [2.75, 3.05) is 31.5 Å². The summed E-state index contributed by atoms with van der Waals surface area (Å²) in [6.45, 7) is 5.41. The van der Waals surface area contributed by atoms with E-state index in [9.17, 15) is 22.8 Å². The summed E-state index contributed by atoms with van der Waals surface area (Å²) < 4.78 is 37.2. The molecule has 1 aliphatic heterocycles. The number of carbonyl (C=O) groups is 3. The average Bonchev–Trinajstić information content (AvgIpc) is 3.18. The second-order valence-electron chi connectivity index (χ2n) is 7.30. The fourth-order valence-electron chi connectivity index (χ4n) is 3.11. The summed E-state index contributed by atoms with van der Waals surface area (Å²) in [5, 5.41) is 6.09. The number of nitrogens with zero attached hydrogens (tertiary/aromatic N) is 3. The highest BCUT2D eigenvalue weighted by molar-refractivity contribution is 7.89. The van der Waals surface area contributed by atoms with Crippen LogP contribution in [-0.4, -0.2) is 72.8 Å². The van der Waals surface area contributed by atoms with Crippen molar-refractivity contribution in [2.45, 2.75) is 31.8 Å². The molecule has 1 aliphatic rings. The number of amides is 2. The molecule has 1 aromatic heterocycles. The molecule has 1 atom stereocenters. The van der Waals surface area contributed by atoms with Gasteiger partial charge >= 0.3 is 5.97 Å². The van der Waals surface area contributed by atoms with E-state index in [2.05, 4.69) is 10.5 Å². The van der Waals surface area contributed by atoms with E-state index in [0.717, 1.165) is 0 Å². The van der Waals surface area contributed by atoms with Crippen LogP contribution in [-0.2, 0) is 24.3 Å². The number of aromatic nitrogens is 1. The average molecular weight is 465 g/mol. The lowest BCUT2D eigenvalue weighted by Crippen LogP contribution is -2.49. The SMILES string of the molecule is CC(=O)N1CCN(S(=O)(=O)c2cccc(C(=O)O[C@H](C)C(=O)Nc3cc(C)on3)c2)CC1. The molecular formula is C20H24N4O7S. The molecule has 11 nitrogen and oxygen atoms in total. The van der Waals surface area contributed by atoms with Gasteiger partial charge in [-0.25, -0.2) is 13.2 Å². The highest BCUT2D eigenvalue weighted by Crippen LogP contribution is 2.20. The molecule has 0 radical (unpaired) electrons. The van der Waals surface area contributed by atoms with Crippen molar-refractivity contribution >= 4 is 33.6 Å². The maximum absolute atomic E-state index is 13.0. The first-order chi connectivity index (χ1) is 15.1. The minimum atomic E-state index is -3.86. The van der Waals surface area contributed by atoms with Gasteiger partial charge < -0.3 is 19.5 Å². The second-order valence-corrected chi connectivity index (χ2v) is 9.24. The van der Waals surface area contributed by atoms with Gasteiger partial charge in [-0.2, -0.15) is 4.31 Å². The Hall–Kier alpha value is -3.25. The van der Waals surface area contributed by atoms with Gasteiger partial charge in [-0.05, 0) is 32.0 Å². The van der Waals surface area contributed by atoms with Crippen molar-refractivity contribution in [1.29, 1.82) is 0 Å². The third kappa shape index (κ3) is 5.32. The van der Waals surface area contributed by atoms with E-state index in [1.165, 1.54) is 48.5 Å². The number of aryl methyl sites for hydroxylation is 1. The minimum Gasteiger partial charge on any atom is -0.449 e. The lowest BCUT2D eigenvalue weighted by atomic mass is 10.2. The molecule has 1 aromatic carbocycles. The number of hydrogen-bond donors (Lipinski definition) is 1. The Bertz CT molecular complexity index is 1120. The number of carbonyl (C=O) groups excluding carboxylic acids is 3. The Morgan fingerprint density at radius 2 is 1.84 bits per heavy atom. The number of rotatable bonds is 6. The summed E-state index contributed by atoms with van der Waals surface area (Å²) in [4.78, 5) is 37.7. The number of benzene rings is 1. The van der Waals surface area contributed by atoms with Crippen molar-refractivity contribution in [3.05, 3.63) is 41.7 Å². The summed E-state index contributed by atoms with van der Waals surface area (Å²) in [5.41, 5.74) is -0.00891. The molecule has 1 N–H and O–H groups in total. The highest BCUT2D eigenvalue weighted by Gasteiger charge is 2.30. The summed E-state index contributed by atoms with van der Waals surface area (Å²) in [6, 6.07) is 6.93. The van der Waals surface area contributed by atoms with Crippen LogP contribution in [0.2, 0.25) is 0 Å². The topological polar surface area (TPSA) is 139 Å². The third-order valence-corrected chi connectivity index (χ3v) is 6.82. The van der Waals surface area contributed by atoms with E-state index in [4.69, 9.17) is 9.26 Å². The van der Waals surface area contributed by atoms with Gasteiger partial charge in [0.2, 0.25) is 15.9 Å². The van der Waals surface area contributed by atoms with Crippen LogP contribution < -0.4 is 5.32 Å². The van der Waals surface area contributed by atoms with E-state index in [1.807, 2.05) is 0 Å². The van der Waals surface area contributed by atoms with E-state index in [1.54, 1.807) is 11.8 Å². The first-order valence-corrected chi connectivity index (χ1v) is 11.3. The van der Waals surface area contributed by atoms with Crippen LogP contribution in [0, 0.1) is 6.92 Å². The Kier molecular flexibility index (Phi) is 6.94. The van der Waals surface area contributed by atoms with Crippen LogP contribution in [0.5, 0.6) is 0 Å². The number of hydrogen-bond acceptors (Lipinski definition) is 8. The van der Waals surface area contributed by atoms with Gasteiger partial charge in [0.05, 0.1) is 10.5 Å². The first kappa shape index (κ1) is 23.4. The molecule has 3 rings (SSSR count). The van der Waals surface area contributed by atoms with Crippen molar-refractivity contribution in [1.82, 2.24) is 14.4 Å². The lowest BCUT2D eigenvalue weighted by Gasteiger charge is -2.33. The molecule has 0 spiro atoms. The maximum Gasteiger partial charge on any atom is 0.338 e. The number of nitrogens with one attached hydrogen (secondary N) is 1. The minimum absolute atomic E-state index is 0.00891. The summed E-state index contributed by atoms with van der Waals surface area (Å²) in [7, 11) is -3.86. The van der Waals surface area contributed by atoms with Gasteiger partial charge in [0.1, 0.15) is 5.76 Å². The monoisotopic (exact) mass is 464 g/mol. The van der Waals surface area contributed by atoms with E-state index in [-0.39, 0.29) is 35.3 Å². The molecule has 2 heterocycles. The zero-order valence-electron chi connectivity index (χ0n) is 17.9. The van der Waals surface area contributed by atoms with Crippen LogP contribution in [0.1, 0.15) is 30.0 Å². The summed E-state index contributed by atoms with van der Waals surface area (Å²) >= 11 is 0. The predicted molar refractivity (Wildman–Crippen MR) is 112 cm³/mol. The van der Waals surface area contributed by atoms with Crippen molar-refractivity contribution in [3.63, 3.8) is 0 Å². The van der Waals surface area contributed by atoms with Gasteiger partial charge in [-0.15, -0.1) is 0 Å². The summed E-state index contributed by atoms with van der Waals surface area (Å²) in [6.07, 6.45) is -1.15. The van der Waals surface area contributed by atoms with Crippen LogP contribution in [0.4, 0.5) is 5.82 Å². The fraction of sp³-hybridized carbons (Fsp3) is 0.400. The standard InChI is InChI=1S/C20H24N4O7S/c1-13-11-18(22-31-13)21-19(26)14(2)30-20(27)16-5-4-6-17(12-16)32(28,29)24-9-7-23(8-10-24)15(3)25/h4-6,11-12,14H,7-10H2,1-3H3,(H,21,22,26)/t14-/m1/s1. The van der Waals surface area contributed by atoms with E-state index in [0.29, 0.717) is 18.8 Å². The largest absolute Gasteiger partial charge is 0.449 e. The van der Waals surface area contributed by atoms with Gasteiger partial charge in [0, 0.05) is 39.2 Å². The van der Waals surface area contributed by atoms with Crippen molar-refractivity contribution < 1.29 is 32.1 Å².